The molecule has 0 fully saturated rings. The molecule has 0 saturated heterocycles. The quantitative estimate of drug-likeness (QED) is 0.516. The van der Waals surface area contributed by atoms with Crippen LogP contribution in [-0.4, -0.2) is 17.7 Å². The zero-order valence-corrected chi connectivity index (χ0v) is 19.9. The van der Waals surface area contributed by atoms with Gasteiger partial charge < -0.3 is 10.6 Å². The molecule has 34 heavy (non-hydrogen) atoms. The van der Waals surface area contributed by atoms with E-state index in [0.29, 0.717) is 22.5 Å². The summed E-state index contributed by atoms with van der Waals surface area (Å²) in [5.74, 6) is -0.982. The zero-order chi connectivity index (χ0) is 24.6. The van der Waals surface area contributed by atoms with E-state index in [2.05, 4.69) is 10.6 Å². The first kappa shape index (κ1) is 23.0. The van der Waals surface area contributed by atoms with Gasteiger partial charge in [-0.25, -0.2) is 4.90 Å². The van der Waals surface area contributed by atoms with Crippen molar-refractivity contribution in [3.8, 4) is 0 Å². The minimum Gasteiger partial charge on any atom is -0.350 e. The average molecular weight is 454 g/mol. The second-order valence-electron chi connectivity index (χ2n) is 8.67. The molecule has 0 saturated carbocycles. The van der Waals surface area contributed by atoms with Gasteiger partial charge in [-0.3, -0.25) is 14.4 Å². The van der Waals surface area contributed by atoms with E-state index in [0.717, 1.165) is 27.9 Å². The van der Waals surface area contributed by atoms with Gasteiger partial charge >= 0.3 is 0 Å². The van der Waals surface area contributed by atoms with Crippen molar-refractivity contribution < 1.29 is 14.4 Å². The Morgan fingerprint density at radius 2 is 1.47 bits per heavy atom. The number of imide groups is 1. The lowest BCUT2D eigenvalue weighted by Gasteiger charge is -2.17. The molecule has 3 amide bonds. The monoisotopic (exact) mass is 453 g/mol. The Morgan fingerprint density at radius 3 is 2.09 bits per heavy atom. The predicted octanol–water partition coefficient (Wildman–Crippen LogP) is 5.28. The second kappa shape index (κ2) is 8.98. The molecule has 1 heterocycles. The van der Waals surface area contributed by atoms with Crippen LogP contribution in [0.5, 0.6) is 0 Å². The van der Waals surface area contributed by atoms with E-state index in [4.69, 9.17) is 0 Å². The number of nitrogens with zero attached hydrogens (tertiary/aromatic N) is 1. The first-order valence-electron chi connectivity index (χ1n) is 11.1. The smallest absolute Gasteiger partial charge is 0.282 e. The van der Waals surface area contributed by atoms with Crippen LogP contribution in [0.25, 0.3) is 5.57 Å². The molecule has 0 aliphatic carbocycles. The summed E-state index contributed by atoms with van der Waals surface area (Å²) in [6, 6.07) is 18.4. The summed E-state index contributed by atoms with van der Waals surface area (Å²) in [5, 5.41) is 5.97. The van der Waals surface area contributed by atoms with Gasteiger partial charge in [-0.05, 0) is 85.8 Å². The maximum Gasteiger partial charge on any atom is 0.282 e. The van der Waals surface area contributed by atoms with E-state index in [9.17, 15) is 14.4 Å². The van der Waals surface area contributed by atoms with Crippen molar-refractivity contribution in [2.75, 3.05) is 15.5 Å². The third kappa shape index (κ3) is 4.35. The summed E-state index contributed by atoms with van der Waals surface area (Å²) in [4.78, 5) is 40.0. The van der Waals surface area contributed by atoms with Crippen LogP contribution < -0.4 is 15.5 Å². The molecule has 0 spiro atoms. The van der Waals surface area contributed by atoms with Crippen LogP contribution in [0.15, 0.2) is 66.4 Å². The molecular formula is C28H27N3O3. The van der Waals surface area contributed by atoms with Crippen LogP contribution in [0, 0.1) is 27.7 Å². The van der Waals surface area contributed by atoms with Crippen molar-refractivity contribution in [3.05, 3.63) is 94.2 Å². The summed E-state index contributed by atoms with van der Waals surface area (Å²) >= 11 is 0. The van der Waals surface area contributed by atoms with Crippen molar-refractivity contribution in [2.45, 2.75) is 34.6 Å². The third-order valence-electron chi connectivity index (χ3n) is 5.91. The van der Waals surface area contributed by atoms with Crippen LogP contribution >= 0.6 is 0 Å². The molecule has 0 bridgehead atoms. The summed E-state index contributed by atoms with van der Waals surface area (Å²) in [6.07, 6.45) is 0. The molecule has 0 unspecified atom stereocenters. The standard InChI is InChI=1S/C28H27N3O3/c1-16-13-17(2)15-23(14-16)31-27(33)25(21-9-11-22(12-10-21)29-20(5)32)26(28(31)34)30-24-8-6-7-18(3)19(24)4/h6-15,30H,1-5H3,(H,29,32). The molecule has 2 N–H and O–H groups in total. The van der Waals surface area contributed by atoms with Crippen molar-refractivity contribution in [1.29, 1.82) is 0 Å². The number of hydrogen-bond donors (Lipinski definition) is 2. The highest BCUT2D eigenvalue weighted by Crippen LogP contribution is 2.35. The molecule has 0 atom stereocenters. The van der Waals surface area contributed by atoms with Gasteiger partial charge in [0.2, 0.25) is 5.91 Å². The number of carbonyl (C=O) groups excluding carboxylic acids is 3. The molecule has 4 rings (SSSR count). The summed E-state index contributed by atoms with van der Waals surface area (Å²) in [7, 11) is 0. The number of aryl methyl sites for hydroxylation is 3. The van der Waals surface area contributed by atoms with Gasteiger partial charge in [0.25, 0.3) is 11.8 Å². The summed E-state index contributed by atoms with van der Waals surface area (Å²) in [5.41, 5.74) is 7.04. The molecule has 0 aromatic heterocycles. The highest BCUT2D eigenvalue weighted by atomic mass is 16.2. The molecule has 1 aliphatic rings. The number of hydrogen-bond acceptors (Lipinski definition) is 4. The minimum atomic E-state index is -0.406. The number of nitrogens with one attached hydrogen (secondary N) is 2. The van der Waals surface area contributed by atoms with E-state index in [1.807, 2.05) is 64.1 Å². The zero-order valence-electron chi connectivity index (χ0n) is 19.9. The lowest BCUT2D eigenvalue weighted by atomic mass is 10.0. The van der Waals surface area contributed by atoms with Crippen molar-refractivity contribution in [3.63, 3.8) is 0 Å². The normalized spacial score (nSPS) is 13.5. The predicted molar refractivity (Wildman–Crippen MR) is 136 cm³/mol. The number of benzene rings is 3. The lowest BCUT2D eigenvalue weighted by Crippen LogP contribution is -2.32. The molecule has 0 radical (unpaired) electrons. The van der Waals surface area contributed by atoms with Crippen molar-refractivity contribution in [1.82, 2.24) is 0 Å². The maximum absolute atomic E-state index is 13.7. The largest absolute Gasteiger partial charge is 0.350 e. The van der Waals surface area contributed by atoms with E-state index < -0.39 is 11.8 Å². The molecule has 6 nitrogen and oxygen atoms in total. The average Bonchev–Trinajstić information content (AvgIpc) is 3.00. The Balaban J connectivity index is 1.83. The maximum atomic E-state index is 13.7. The van der Waals surface area contributed by atoms with Gasteiger partial charge in [-0.1, -0.05) is 30.3 Å². The van der Waals surface area contributed by atoms with Crippen LogP contribution in [0.3, 0.4) is 0 Å². The number of carbonyl (C=O) groups is 3. The minimum absolute atomic E-state index is 0.183. The molecule has 1 aliphatic heterocycles. The molecule has 3 aromatic rings. The molecular weight excluding hydrogens is 426 g/mol. The highest BCUT2D eigenvalue weighted by molar-refractivity contribution is 6.46. The molecule has 6 heteroatoms. The van der Waals surface area contributed by atoms with Crippen molar-refractivity contribution >= 4 is 40.4 Å². The number of amides is 3. The van der Waals surface area contributed by atoms with Crippen molar-refractivity contribution in [2.24, 2.45) is 0 Å². The van der Waals surface area contributed by atoms with Crippen LogP contribution in [0.1, 0.15) is 34.7 Å². The third-order valence-corrected chi connectivity index (χ3v) is 5.91. The van der Waals surface area contributed by atoms with Crippen LogP contribution in [-0.2, 0) is 14.4 Å². The first-order valence-corrected chi connectivity index (χ1v) is 11.1. The second-order valence-corrected chi connectivity index (χ2v) is 8.67. The van der Waals surface area contributed by atoms with Crippen LogP contribution in [0.4, 0.5) is 17.1 Å². The van der Waals surface area contributed by atoms with Gasteiger partial charge in [-0.15, -0.1) is 0 Å². The van der Waals surface area contributed by atoms with E-state index >= 15 is 0 Å². The fourth-order valence-corrected chi connectivity index (χ4v) is 4.17. The SMILES string of the molecule is CC(=O)Nc1ccc(C2=C(Nc3cccc(C)c3C)C(=O)N(c3cc(C)cc(C)c3)C2=O)cc1. The fourth-order valence-electron chi connectivity index (χ4n) is 4.17. The Morgan fingerprint density at radius 1 is 0.824 bits per heavy atom. The highest BCUT2D eigenvalue weighted by Gasteiger charge is 2.40. The number of anilines is 3. The summed E-state index contributed by atoms with van der Waals surface area (Å²) in [6.45, 7) is 9.28. The van der Waals surface area contributed by atoms with Gasteiger partial charge in [-0.2, -0.15) is 0 Å². The van der Waals surface area contributed by atoms with E-state index in [-0.39, 0.29) is 11.6 Å². The van der Waals surface area contributed by atoms with Gasteiger partial charge in [0.15, 0.2) is 0 Å². The van der Waals surface area contributed by atoms with Gasteiger partial charge in [0, 0.05) is 18.3 Å². The Bertz CT molecular complexity index is 1330. The topological polar surface area (TPSA) is 78.5 Å². The van der Waals surface area contributed by atoms with E-state index in [1.165, 1.54) is 11.8 Å². The number of rotatable bonds is 5. The van der Waals surface area contributed by atoms with Crippen LogP contribution in [0.2, 0.25) is 0 Å². The first-order chi connectivity index (χ1) is 16.2. The Labute approximate surface area is 199 Å². The lowest BCUT2D eigenvalue weighted by molar-refractivity contribution is -0.120. The summed E-state index contributed by atoms with van der Waals surface area (Å²) < 4.78 is 0. The fraction of sp³-hybridized carbons (Fsp3) is 0.179. The van der Waals surface area contributed by atoms with Gasteiger partial charge in [0.05, 0.1) is 11.3 Å². The van der Waals surface area contributed by atoms with Gasteiger partial charge in [0.1, 0.15) is 5.70 Å². The van der Waals surface area contributed by atoms with E-state index in [1.54, 1.807) is 24.3 Å². The molecule has 172 valence electrons. The Kier molecular flexibility index (Phi) is 6.07. The molecule has 3 aromatic carbocycles. The Hall–Kier alpha value is -4.19.